The lowest BCUT2D eigenvalue weighted by Crippen LogP contribution is -1.98. The lowest BCUT2D eigenvalue weighted by molar-refractivity contribution is 0.284. The molecule has 3 nitrogen and oxygen atoms in total. The van der Waals surface area contributed by atoms with Gasteiger partial charge < -0.3 is 9.67 Å². The average Bonchev–Trinajstić information content (AvgIpc) is 2.57. The predicted octanol–water partition coefficient (Wildman–Crippen LogP) is 1.89. The number of aryl methyl sites for hydroxylation is 2. The summed E-state index contributed by atoms with van der Waals surface area (Å²) in [7, 11) is 2.05. The van der Waals surface area contributed by atoms with Crippen LogP contribution < -0.4 is 0 Å². The number of unbranched alkanes of at least 4 members (excludes halogenated alkanes) is 1. The highest BCUT2D eigenvalue weighted by Gasteiger charge is 2.05. The molecule has 0 aliphatic carbocycles. The van der Waals surface area contributed by atoms with Crippen molar-refractivity contribution in [3.05, 3.63) is 30.1 Å². The molecular weight excluding hydrogens is 188 g/mol. The normalized spacial score (nSPS) is 11.1. The van der Waals surface area contributed by atoms with Gasteiger partial charge in [-0.05, 0) is 25.0 Å². The van der Waals surface area contributed by atoms with Crippen LogP contribution in [0.2, 0.25) is 0 Å². The van der Waals surface area contributed by atoms with Gasteiger partial charge in [0, 0.05) is 20.1 Å². The number of hydrogen-bond acceptors (Lipinski definition) is 2. The number of imidazole rings is 1. The molecule has 1 aromatic heterocycles. The predicted molar refractivity (Wildman–Crippen MR) is 60.7 cm³/mol. The van der Waals surface area contributed by atoms with Gasteiger partial charge in [-0.1, -0.05) is 12.1 Å². The molecule has 0 radical (unpaired) electrons. The van der Waals surface area contributed by atoms with E-state index < -0.39 is 0 Å². The number of benzene rings is 1. The molecule has 1 N–H and O–H groups in total. The minimum atomic E-state index is 0.268. The second-order valence-electron chi connectivity index (χ2n) is 3.76. The molecule has 2 aromatic rings. The Bertz CT molecular complexity index is 448. The summed E-state index contributed by atoms with van der Waals surface area (Å²) in [5.74, 6) is 1.10. The molecule has 0 saturated carbocycles. The molecule has 0 fully saturated rings. The van der Waals surface area contributed by atoms with Crippen LogP contribution in [0.25, 0.3) is 11.0 Å². The van der Waals surface area contributed by atoms with Gasteiger partial charge in [0.15, 0.2) is 0 Å². The molecule has 0 bridgehead atoms. The van der Waals surface area contributed by atoms with E-state index in [1.54, 1.807) is 0 Å². The van der Waals surface area contributed by atoms with E-state index in [0.717, 1.165) is 30.6 Å². The fraction of sp³-hybridized carbons (Fsp3) is 0.417. The van der Waals surface area contributed by atoms with Crippen molar-refractivity contribution >= 4 is 11.0 Å². The first kappa shape index (κ1) is 10.2. The maximum atomic E-state index is 8.73. The lowest BCUT2D eigenvalue weighted by atomic mass is 10.2. The molecule has 0 unspecified atom stereocenters. The van der Waals surface area contributed by atoms with Crippen molar-refractivity contribution in [2.75, 3.05) is 6.61 Å². The largest absolute Gasteiger partial charge is 0.396 e. The molecule has 3 heteroatoms. The number of rotatable bonds is 4. The molecule has 0 aliphatic heterocycles. The highest BCUT2D eigenvalue weighted by molar-refractivity contribution is 5.75. The van der Waals surface area contributed by atoms with E-state index in [9.17, 15) is 0 Å². The number of aromatic nitrogens is 2. The van der Waals surface area contributed by atoms with Gasteiger partial charge in [-0.2, -0.15) is 0 Å². The van der Waals surface area contributed by atoms with Gasteiger partial charge in [-0.3, -0.25) is 0 Å². The Morgan fingerprint density at radius 3 is 2.80 bits per heavy atom. The minimum absolute atomic E-state index is 0.268. The Labute approximate surface area is 89.4 Å². The molecule has 1 heterocycles. The van der Waals surface area contributed by atoms with Crippen molar-refractivity contribution in [2.24, 2.45) is 7.05 Å². The van der Waals surface area contributed by atoms with Crippen molar-refractivity contribution in [3.63, 3.8) is 0 Å². The van der Waals surface area contributed by atoms with Gasteiger partial charge in [-0.25, -0.2) is 4.98 Å². The van der Waals surface area contributed by atoms with Gasteiger partial charge >= 0.3 is 0 Å². The zero-order valence-corrected chi connectivity index (χ0v) is 8.98. The average molecular weight is 204 g/mol. The van der Waals surface area contributed by atoms with Crippen LogP contribution >= 0.6 is 0 Å². The second-order valence-corrected chi connectivity index (χ2v) is 3.76. The molecule has 0 atom stereocenters. The molecular formula is C12H16N2O. The lowest BCUT2D eigenvalue weighted by Gasteiger charge is -2.00. The number of hydrogen-bond donors (Lipinski definition) is 1. The summed E-state index contributed by atoms with van der Waals surface area (Å²) in [4.78, 5) is 4.57. The minimum Gasteiger partial charge on any atom is -0.396 e. The molecule has 0 amide bonds. The van der Waals surface area contributed by atoms with Gasteiger partial charge in [-0.15, -0.1) is 0 Å². The number of aliphatic hydroxyl groups is 1. The third-order valence-corrected chi connectivity index (χ3v) is 2.69. The molecule has 0 saturated heterocycles. The van der Waals surface area contributed by atoms with Gasteiger partial charge in [0.2, 0.25) is 0 Å². The number of nitrogens with zero attached hydrogens (tertiary/aromatic N) is 2. The molecule has 2 rings (SSSR count). The Balaban J connectivity index is 2.24. The molecule has 0 spiro atoms. The first-order chi connectivity index (χ1) is 7.33. The van der Waals surface area contributed by atoms with E-state index >= 15 is 0 Å². The number of para-hydroxylation sites is 2. The van der Waals surface area contributed by atoms with Crippen LogP contribution in [0, 0.1) is 0 Å². The third-order valence-electron chi connectivity index (χ3n) is 2.69. The zero-order valence-electron chi connectivity index (χ0n) is 8.98. The van der Waals surface area contributed by atoms with Gasteiger partial charge in [0.1, 0.15) is 5.82 Å². The highest BCUT2D eigenvalue weighted by Crippen LogP contribution is 2.15. The fourth-order valence-corrected chi connectivity index (χ4v) is 1.81. The summed E-state index contributed by atoms with van der Waals surface area (Å²) in [6, 6.07) is 8.15. The van der Waals surface area contributed by atoms with E-state index in [1.165, 1.54) is 5.52 Å². The third kappa shape index (κ3) is 2.02. The Morgan fingerprint density at radius 1 is 1.27 bits per heavy atom. The molecule has 0 aliphatic rings. The summed E-state index contributed by atoms with van der Waals surface area (Å²) in [5.41, 5.74) is 2.23. The van der Waals surface area contributed by atoms with Gasteiger partial charge in [0.25, 0.3) is 0 Å². The van der Waals surface area contributed by atoms with E-state index in [4.69, 9.17) is 5.11 Å². The first-order valence-electron chi connectivity index (χ1n) is 5.34. The van der Waals surface area contributed by atoms with Crippen LogP contribution in [0.15, 0.2) is 24.3 Å². The number of aliphatic hydroxyl groups excluding tert-OH is 1. The van der Waals surface area contributed by atoms with Crippen LogP contribution in [0.4, 0.5) is 0 Å². The first-order valence-corrected chi connectivity index (χ1v) is 5.34. The molecule has 15 heavy (non-hydrogen) atoms. The smallest absolute Gasteiger partial charge is 0.109 e. The van der Waals surface area contributed by atoms with Crippen LogP contribution in [-0.2, 0) is 13.5 Å². The van der Waals surface area contributed by atoms with Crippen molar-refractivity contribution in [1.82, 2.24) is 9.55 Å². The summed E-state index contributed by atoms with van der Waals surface area (Å²) in [6.07, 6.45) is 2.78. The maximum absolute atomic E-state index is 8.73. The van der Waals surface area contributed by atoms with E-state index in [-0.39, 0.29) is 6.61 Å². The van der Waals surface area contributed by atoms with E-state index in [1.807, 2.05) is 25.2 Å². The summed E-state index contributed by atoms with van der Waals surface area (Å²) < 4.78 is 2.13. The topological polar surface area (TPSA) is 38.0 Å². The van der Waals surface area contributed by atoms with Crippen LogP contribution in [0.1, 0.15) is 18.7 Å². The number of fused-ring (bicyclic) bond motifs is 1. The fourth-order valence-electron chi connectivity index (χ4n) is 1.81. The van der Waals surface area contributed by atoms with Gasteiger partial charge in [0.05, 0.1) is 11.0 Å². The van der Waals surface area contributed by atoms with Crippen molar-refractivity contribution < 1.29 is 5.11 Å². The SMILES string of the molecule is Cn1c(CCCCO)nc2ccccc21. The van der Waals surface area contributed by atoms with Crippen LogP contribution in [0.3, 0.4) is 0 Å². The Morgan fingerprint density at radius 2 is 2.07 bits per heavy atom. The van der Waals surface area contributed by atoms with Crippen LogP contribution in [0.5, 0.6) is 0 Å². The highest BCUT2D eigenvalue weighted by atomic mass is 16.2. The Hall–Kier alpha value is -1.35. The van der Waals surface area contributed by atoms with Crippen molar-refractivity contribution in [3.8, 4) is 0 Å². The second kappa shape index (κ2) is 4.45. The molecule has 1 aromatic carbocycles. The van der Waals surface area contributed by atoms with Crippen LogP contribution in [-0.4, -0.2) is 21.3 Å². The summed E-state index contributed by atoms with van der Waals surface area (Å²) >= 11 is 0. The summed E-state index contributed by atoms with van der Waals surface area (Å²) in [6.45, 7) is 0.268. The summed E-state index contributed by atoms with van der Waals surface area (Å²) in [5, 5.41) is 8.73. The van der Waals surface area contributed by atoms with Crippen molar-refractivity contribution in [2.45, 2.75) is 19.3 Å². The van der Waals surface area contributed by atoms with E-state index in [2.05, 4.69) is 15.6 Å². The quantitative estimate of drug-likeness (QED) is 0.772. The monoisotopic (exact) mass is 204 g/mol. The molecule has 80 valence electrons. The zero-order chi connectivity index (χ0) is 10.7. The Kier molecular flexibility index (Phi) is 3.02. The maximum Gasteiger partial charge on any atom is 0.109 e. The standard InChI is InChI=1S/C12H16N2O/c1-14-11-7-3-2-6-10(11)13-12(14)8-4-5-9-15/h2-3,6-7,15H,4-5,8-9H2,1H3. The van der Waals surface area contributed by atoms with Crippen molar-refractivity contribution in [1.29, 1.82) is 0 Å². The van der Waals surface area contributed by atoms with E-state index in [0.29, 0.717) is 0 Å².